The van der Waals surface area contributed by atoms with Crippen LogP contribution in [0.2, 0.25) is 0 Å². The summed E-state index contributed by atoms with van der Waals surface area (Å²) in [4.78, 5) is 0.271. The van der Waals surface area contributed by atoms with E-state index in [1.807, 2.05) is 36.4 Å². The first-order valence-electron chi connectivity index (χ1n) is 9.58. The molecular weight excluding hydrogens is 384 g/mol. The molecule has 3 aromatic carbocycles. The number of furan rings is 1. The summed E-state index contributed by atoms with van der Waals surface area (Å²) in [7, 11) is -3.66. The lowest BCUT2D eigenvalue weighted by Gasteiger charge is -2.21. The number of hydrogen-bond donors (Lipinski definition) is 2. The summed E-state index contributed by atoms with van der Waals surface area (Å²) in [6, 6.07) is 24.1. The molecule has 5 nitrogen and oxygen atoms in total. The summed E-state index contributed by atoms with van der Waals surface area (Å²) in [5.74, 6) is 0.859. The fourth-order valence-corrected chi connectivity index (χ4v) is 5.48. The maximum atomic E-state index is 13.1. The molecule has 0 bridgehead atoms. The third kappa shape index (κ3) is 3.25. The Kier molecular flexibility index (Phi) is 4.47. The third-order valence-corrected chi connectivity index (χ3v) is 6.97. The van der Waals surface area contributed by atoms with Crippen molar-refractivity contribution in [2.75, 3.05) is 0 Å². The lowest BCUT2D eigenvalue weighted by atomic mass is 10.0. The van der Waals surface area contributed by atoms with Crippen LogP contribution in [0, 0.1) is 0 Å². The van der Waals surface area contributed by atoms with Crippen molar-refractivity contribution in [1.82, 2.24) is 4.72 Å². The van der Waals surface area contributed by atoms with Crippen molar-refractivity contribution in [3.05, 3.63) is 102 Å². The summed E-state index contributed by atoms with van der Waals surface area (Å²) in [6.45, 7) is 0.631. The van der Waals surface area contributed by atoms with Crippen molar-refractivity contribution in [1.29, 1.82) is 0 Å². The molecule has 0 amide bonds. The first kappa shape index (κ1) is 18.1. The van der Waals surface area contributed by atoms with Crippen LogP contribution in [-0.2, 0) is 16.6 Å². The van der Waals surface area contributed by atoms with Crippen molar-refractivity contribution >= 4 is 20.8 Å². The zero-order valence-corrected chi connectivity index (χ0v) is 16.5. The van der Waals surface area contributed by atoms with Crippen LogP contribution in [0.25, 0.3) is 10.8 Å². The van der Waals surface area contributed by atoms with E-state index in [4.69, 9.17) is 4.42 Å². The molecule has 4 aromatic rings. The number of nitrogens with two attached hydrogens (primary N) is 1. The van der Waals surface area contributed by atoms with Crippen LogP contribution in [0.4, 0.5) is 0 Å². The van der Waals surface area contributed by atoms with Gasteiger partial charge >= 0.3 is 0 Å². The van der Waals surface area contributed by atoms with Crippen LogP contribution < -0.4 is 10.0 Å². The van der Waals surface area contributed by atoms with E-state index in [2.05, 4.69) is 28.2 Å². The van der Waals surface area contributed by atoms with Gasteiger partial charge in [0, 0.05) is 5.56 Å². The number of rotatable bonds is 6. The van der Waals surface area contributed by atoms with E-state index in [0.717, 1.165) is 27.7 Å². The van der Waals surface area contributed by atoms with Crippen molar-refractivity contribution < 1.29 is 18.2 Å². The number of quaternary nitrogens is 1. The van der Waals surface area contributed by atoms with E-state index in [9.17, 15) is 8.42 Å². The summed E-state index contributed by atoms with van der Waals surface area (Å²) in [5.41, 5.74) is 2.16. The Morgan fingerprint density at radius 2 is 1.62 bits per heavy atom. The van der Waals surface area contributed by atoms with E-state index in [-0.39, 0.29) is 17.0 Å². The topological polar surface area (TPSA) is 75.9 Å². The van der Waals surface area contributed by atoms with Crippen LogP contribution >= 0.6 is 0 Å². The minimum Gasteiger partial charge on any atom is -0.463 e. The maximum absolute atomic E-state index is 13.1. The summed E-state index contributed by atoms with van der Waals surface area (Å²) in [5, 5.41) is 4.40. The second kappa shape index (κ2) is 7.15. The molecule has 6 heteroatoms. The number of sulfonamides is 1. The monoisotopic (exact) mass is 405 g/mol. The predicted octanol–water partition coefficient (Wildman–Crippen LogP) is 3.27. The minimum atomic E-state index is -3.66. The smallest absolute Gasteiger partial charge is 0.241 e. The Hall–Kier alpha value is -2.93. The van der Waals surface area contributed by atoms with E-state index < -0.39 is 10.0 Å². The zero-order valence-electron chi connectivity index (χ0n) is 15.7. The van der Waals surface area contributed by atoms with Crippen LogP contribution in [0.3, 0.4) is 0 Å². The van der Waals surface area contributed by atoms with Crippen LogP contribution in [0.15, 0.2) is 94.4 Å². The van der Waals surface area contributed by atoms with Crippen LogP contribution in [0.1, 0.15) is 29.0 Å². The van der Waals surface area contributed by atoms with E-state index in [1.165, 1.54) is 0 Å². The van der Waals surface area contributed by atoms with E-state index in [0.29, 0.717) is 6.54 Å². The average Bonchev–Trinajstić information content (AvgIpc) is 3.36. The Labute approximate surface area is 169 Å². The molecule has 1 aliphatic carbocycles. The van der Waals surface area contributed by atoms with Gasteiger partial charge in [-0.25, -0.2) is 8.42 Å². The molecule has 3 N–H and O–H groups in total. The first-order chi connectivity index (χ1) is 14.1. The van der Waals surface area contributed by atoms with Gasteiger partial charge in [0.05, 0.1) is 11.2 Å². The minimum absolute atomic E-state index is 0.0836. The lowest BCUT2D eigenvalue weighted by Crippen LogP contribution is -2.85. The molecule has 29 heavy (non-hydrogen) atoms. The van der Waals surface area contributed by atoms with Gasteiger partial charge in [0.1, 0.15) is 18.6 Å². The van der Waals surface area contributed by atoms with Gasteiger partial charge in [-0.3, -0.25) is 0 Å². The second-order valence-corrected chi connectivity index (χ2v) is 8.96. The molecule has 0 radical (unpaired) electrons. The van der Waals surface area contributed by atoms with E-state index in [1.54, 1.807) is 30.5 Å². The van der Waals surface area contributed by atoms with Gasteiger partial charge in [0.2, 0.25) is 10.0 Å². The average molecular weight is 405 g/mol. The normalized spacial score (nSPS) is 18.3. The highest BCUT2D eigenvalue weighted by Gasteiger charge is 2.39. The summed E-state index contributed by atoms with van der Waals surface area (Å²) in [6.07, 6.45) is 1.66. The van der Waals surface area contributed by atoms with Gasteiger partial charge in [0.15, 0.2) is 5.76 Å². The first-order valence-corrected chi connectivity index (χ1v) is 11.1. The highest BCUT2D eigenvalue weighted by molar-refractivity contribution is 7.89. The standard InChI is InChI=1S/C23H20N2O3S/c26-29(27,18-10-2-1-3-11-18)25-23-20-13-5-8-16-7-4-12-19(21(16)20)22(23)24-15-17-9-6-14-28-17/h1-14,22-25H,15H2/p+1/t22-,23-/m1/s1. The molecule has 1 heterocycles. The molecule has 0 fully saturated rings. The van der Waals surface area contributed by atoms with Gasteiger partial charge in [-0.05, 0) is 40.6 Å². The van der Waals surface area contributed by atoms with E-state index >= 15 is 0 Å². The van der Waals surface area contributed by atoms with Gasteiger partial charge < -0.3 is 9.73 Å². The lowest BCUT2D eigenvalue weighted by molar-refractivity contribution is -0.715. The second-order valence-electron chi connectivity index (χ2n) is 7.25. The fraction of sp³-hybridized carbons (Fsp3) is 0.130. The predicted molar refractivity (Wildman–Crippen MR) is 111 cm³/mol. The molecule has 2 atom stereocenters. The SMILES string of the molecule is O=S(=O)(N[C@@H]1c2cccc3cccc(c23)[C@H]1[NH2+]Cc1ccco1)c1ccccc1. The molecule has 0 spiro atoms. The van der Waals surface area contributed by atoms with Crippen LogP contribution in [0.5, 0.6) is 0 Å². The number of benzene rings is 3. The van der Waals surface area contributed by atoms with Crippen molar-refractivity contribution in [2.45, 2.75) is 23.5 Å². The highest BCUT2D eigenvalue weighted by atomic mass is 32.2. The largest absolute Gasteiger partial charge is 0.463 e. The molecule has 0 saturated heterocycles. The number of nitrogens with one attached hydrogen (secondary N) is 1. The molecule has 146 valence electrons. The number of hydrogen-bond acceptors (Lipinski definition) is 3. The Balaban J connectivity index is 1.55. The quantitative estimate of drug-likeness (QED) is 0.517. The fourth-order valence-electron chi connectivity index (χ4n) is 4.22. The molecule has 1 aromatic heterocycles. The molecule has 0 saturated carbocycles. The van der Waals surface area contributed by atoms with Gasteiger partial charge in [-0.2, -0.15) is 4.72 Å². The molecule has 5 rings (SSSR count). The van der Waals surface area contributed by atoms with Crippen LogP contribution in [-0.4, -0.2) is 8.42 Å². The van der Waals surface area contributed by atoms with Gasteiger partial charge in [-0.1, -0.05) is 54.6 Å². The summed E-state index contributed by atoms with van der Waals surface area (Å²) >= 11 is 0. The van der Waals surface area contributed by atoms with Gasteiger partial charge in [-0.15, -0.1) is 0 Å². The maximum Gasteiger partial charge on any atom is 0.241 e. The molecular formula is C23H21N2O3S+. The summed E-state index contributed by atoms with van der Waals surface area (Å²) < 4.78 is 34.6. The molecule has 0 unspecified atom stereocenters. The molecule has 0 aliphatic heterocycles. The van der Waals surface area contributed by atoms with Crippen molar-refractivity contribution in [2.24, 2.45) is 0 Å². The van der Waals surface area contributed by atoms with Gasteiger partial charge in [0.25, 0.3) is 0 Å². The molecule has 1 aliphatic rings. The third-order valence-electron chi connectivity index (χ3n) is 5.51. The van der Waals surface area contributed by atoms with Crippen molar-refractivity contribution in [3.8, 4) is 0 Å². The Morgan fingerprint density at radius 3 is 2.34 bits per heavy atom. The highest BCUT2D eigenvalue weighted by Crippen LogP contribution is 2.42. The zero-order chi connectivity index (χ0) is 19.8. The Morgan fingerprint density at radius 1 is 0.862 bits per heavy atom. The van der Waals surface area contributed by atoms with Crippen molar-refractivity contribution in [3.63, 3.8) is 0 Å². The Bertz CT molecular complexity index is 1250.